The lowest BCUT2D eigenvalue weighted by molar-refractivity contribution is -0.149. The lowest BCUT2D eigenvalue weighted by Gasteiger charge is -2.37. The molecule has 0 radical (unpaired) electrons. The maximum absolute atomic E-state index is 13.2. The highest BCUT2D eigenvalue weighted by Gasteiger charge is 2.45. The van der Waals surface area contributed by atoms with Crippen molar-refractivity contribution in [3.8, 4) is 5.75 Å². The van der Waals surface area contributed by atoms with E-state index in [1.807, 2.05) is 42.5 Å². The Bertz CT molecular complexity index is 1070. The molecule has 3 aliphatic rings. The topological polar surface area (TPSA) is 82.1 Å². The van der Waals surface area contributed by atoms with Gasteiger partial charge in [0.25, 0.3) is 5.91 Å². The Labute approximate surface area is 226 Å². The molecule has 7 nitrogen and oxygen atoms in total. The third-order valence-corrected chi connectivity index (χ3v) is 8.37. The predicted octanol–water partition coefficient (Wildman–Crippen LogP) is 4.00. The Morgan fingerprint density at radius 2 is 1.66 bits per heavy atom. The average Bonchev–Trinajstić information content (AvgIpc) is 3.79. The number of piperazine rings is 1. The molecule has 0 aromatic heterocycles. The van der Waals surface area contributed by atoms with E-state index in [9.17, 15) is 14.7 Å². The second-order valence-corrected chi connectivity index (χ2v) is 11.3. The molecule has 1 heterocycles. The summed E-state index contributed by atoms with van der Waals surface area (Å²) >= 11 is 0. The van der Waals surface area contributed by atoms with Crippen LogP contribution in [0.5, 0.6) is 5.75 Å². The summed E-state index contributed by atoms with van der Waals surface area (Å²) in [5, 5.41) is 14.0. The van der Waals surface area contributed by atoms with Gasteiger partial charge in [-0.1, -0.05) is 37.3 Å². The van der Waals surface area contributed by atoms with Gasteiger partial charge in [0.15, 0.2) is 0 Å². The van der Waals surface area contributed by atoms with E-state index < -0.39 is 12.0 Å². The van der Waals surface area contributed by atoms with Gasteiger partial charge in [0, 0.05) is 38.4 Å². The van der Waals surface area contributed by atoms with E-state index in [1.165, 1.54) is 12.8 Å². The van der Waals surface area contributed by atoms with E-state index in [0.29, 0.717) is 32.7 Å². The van der Waals surface area contributed by atoms with Gasteiger partial charge in [-0.05, 0) is 80.2 Å². The number of hydrogen-bond acceptors (Lipinski definition) is 5. The summed E-state index contributed by atoms with van der Waals surface area (Å²) in [7, 11) is 0. The molecule has 2 aliphatic carbocycles. The normalized spacial score (nSPS) is 23.4. The van der Waals surface area contributed by atoms with Gasteiger partial charge in [-0.2, -0.15) is 0 Å². The first kappa shape index (κ1) is 26.5. The maximum atomic E-state index is 13.2. The minimum absolute atomic E-state index is 0.0583. The molecule has 1 saturated heterocycles. The first-order valence-corrected chi connectivity index (χ1v) is 14.3. The monoisotopic (exact) mass is 519 g/mol. The van der Waals surface area contributed by atoms with Gasteiger partial charge in [0.05, 0.1) is 12.0 Å². The Morgan fingerprint density at radius 3 is 2.34 bits per heavy atom. The Balaban J connectivity index is 1.13. The van der Waals surface area contributed by atoms with E-state index in [0.717, 1.165) is 48.6 Å². The number of anilines is 1. The van der Waals surface area contributed by atoms with Crippen LogP contribution in [-0.4, -0.2) is 60.2 Å². The van der Waals surface area contributed by atoms with Crippen molar-refractivity contribution in [2.24, 2.45) is 17.8 Å². The summed E-state index contributed by atoms with van der Waals surface area (Å²) in [6.45, 7) is 5.14. The van der Waals surface area contributed by atoms with Crippen LogP contribution >= 0.6 is 0 Å². The molecule has 0 bridgehead atoms. The zero-order valence-electron chi connectivity index (χ0n) is 22.4. The first-order chi connectivity index (χ1) is 18.5. The molecule has 204 valence electrons. The van der Waals surface area contributed by atoms with Crippen LogP contribution in [0.2, 0.25) is 0 Å². The van der Waals surface area contributed by atoms with Crippen LogP contribution in [0, 0.1) is 17.8 Å². The number of rotatable bonds is 9. The molecule has 7 heteroatoms. The number of benzene rings is 2. The van der Waals surface area contributed by atoms with Crippen molar-refractivity contribution in [2.45, 2.75) is 64.2 Å². The van der Waals surface area contributed by atoms with Crippen molar-refractivity contribution in [1.29, 1.82) is 0 Å². The average molecular weight is 520 g/mol. The third kappa shape index (κ3) is 6.68. The fraction of sp³-hybridized carbons (Fsp3) is 0.548. The highest BCUT2D eigenvalue weighted by atomic mass is 16.5. The lowest BCUT2D eigenvalue weighted by Crippen LogP contribution is -2.54. The number of hydrogen-bond donors (Lipinski definition) is 2. The molecule has 3 fully saturated rings. The maximum Gasteiger partial charge on any atom is 0.252 e. The van der Waals surface area contributed by atoms with E-state index in [-0.39, 0.29) is 23.8 Å². The number of carbonyl (C=O) groups is 2. The van der Waals surface area contributed by atoms with Gasteiger partial charge >= 0.3 is 0 Å². The molecule has 2 atom stereocenters. The molecular formula is C31H41N3O4. The number of amides is 2. The van der Waals surface area contributed by atoms with Crippen molar-refractivity contribution < 1.29 is 19.4 Å². The van der Waals surface area contributed by atoms with Gasteiger partial charge in [-0.3, -0.25) is 9.59 Å². The zero-order valence-corrected chi connectivity index (χ0v) is 22.4. The molecule has 0 unspecified atom stereocenters. The smallest absolute Gasteiger partial charge is 0.252 e. The molecule has 2 N–H and O–H groups in total. The minimum Gasteiger partial charge on any atom is -0.490 e. The number of para-hydroxylation sites is 1. The fourth-order valence-corrected chi connectivity index (χ4v) is 5.81. The van der Waals surface area contributed by atoms with E-state index in [1.54, 1.807) is 4.90 Å². The second kappa shape index (κ2) is 12.2. The Hall–Kier alpha value is -3.06. The molecule has 2 amide bonds. The largest absolute Gasteiger partial charge is 0.490 e. The summed E-state index contributed by atoms with van der Waals surface area (Å²) in [6.07, 6.45) is 5.25. The van der Waals surface area contributed by atoms with Crippen LogP contribution in [0.15, 0.2) is 54.6 Å². The SMILES string of the molecule is CC1CCC(Oc2cccc(CNC(=O)[C@H](C3CC3)[C@@H](O)C(=O)N3CCN(c4ccccc4)CC3)c2)CC1. The van der Waals surface area contributed by atoms with Crippen molar-refractivity contribution in [3.63, 3.8) is 0 Å². The number of ether oxygens (including phenoxy) is 1. The van der Waals surface area contributed by atoms with Crippen LogP contribution < -0.4 is 15.0 Å². The summed E-state index contributed by atoms with van der Waals surface area (Å²) in [5.74, 6) is 0.379. The lowest BCUT2D eigenvalue weighted by atomic mass is 9.89. The van der Waals surface area contributed by atoms with Crippen LogP contribution in [0.1, 0.15) is 51.0 Å². The quantitative estimate of drug-likeness (QED) is 0.524. The summed E-state index contributed by atoms with van der Waals surface area (Å²) in [6, 6.07) is 18.0. The van der Waals surface area contributed by atoms with Crippen LogP contribution in [0.25, 0.3) is 0 Å². The van der Waals surface area contributed by atoms with Gasteiger partial charge in [-0.15, -0.1) is 0 Å². The number of carbonyl (C=O) groups excluding carboxylic acids is 2. The van der Waals surface area contributed by atoms with Gasteiger partial charge in [-0.25, -0.2) is 0 Å². The number of nitrogens with one attached hydrogen (secondary N) is 1. The van der Waals surface area contributed by atoms with Crippen LogP contribution in [0.3, 0.4) is 0 Å². The van der Waals surface area contributed by atoms with E-state index in [2.05, 4.69) is 29.3 Å². The molecule has 38 heavy (non-hydrogen) atoms. The second-order valence-electron chi connectivity index (χ2n) is 11.3. The molecule has 1 aliphatic heterocycles. The third-order valence-electron chi connectivity index (χ3n) is 8.37. The van der Waals surface area contributed by atoms with Crippen molar-refractivity contribution in [2.75, 3.05) is 31.1 Å². The van der Waals surface area contributed by atoms with Crippen LogP contribution in [0.4, 0.5) is 5.69 Å². The molecule has 0 spiro atoms. The molecule has 2 saturated carbocycles. The van der Waals surface area contributed by atoms with Crippen LogP contribution in [-0.2, 0) is 16.1 Å². The standard InChI is InChI=1S/C31H41N3O4/c1-22-10-14-26(15-11-22)38-27-9-5-6-23(20-27)21-32-30(36)28(24-12-13-24)29(35)31(37)34-18-16-33(17-19-34)25-7-3-2-4-8-25/h2-9,20,22,24,26,28-29,35H,10-19,21H2,1H3,(H,32,36)/t22?,26?,28-,29-/m1/s1. The van der Waals surface area contributed by atoms with E-state index >= 15 is 0 Å². The van der Waals surface area contributed by atoms with Gasteiger partial charge < -0.3 is 25.0 Å². The van der Waals surface area contributed by atoms with Gasteiger partial charge in [0.2, 0.25) is 5.91 Å². The van der Waals surface area contributed by atoms with Crippen molar-refractivity contribution in [1.82, 2.24) is 10.2 Å². The Morgan fingerprint density at radius 1 is 0.947 bits per heavy atom. The minimum atomic E-state index is -1.31. The van der Waals surface area contributed by atoms with Crippen molar-refractivity contribution in [3.05, 3.63) is 60.2 Å². The molecule has 2 aromatic carbocycles. The zero-order chi connectivity index (χ0) is 26.5. The first-order valence-electron chi connectivity index (χ1n) is 14.3. The number of aliphatic hydroxyl groups is 1. The summed E-state index contributed by atoms with van der Waals surface area (Å²) < 4.78 is 6.21. The number of aliphatic hydroxyl groups excluding tert-OH is 1. The van der Waals surface area contributed by atoms with E-state index in [4.69, 9.17) is 4.74 Å². The summed E-state index contributed by atoms with van der Waals surface area (Å²) in [5.41, 5.74) is 2.09. The van der Waals surface area contributed by atoms with Gasteiger partial charge in [0.1, 0.15) is 11.9 Å². The predicted molar refractivity (Wildman–Crippen MR) is 148 cm³/mol. The Kier molecular flexibility index (Phi) is 8.52. The summed E-state index contributed by atoms with van der Waals surface area (Å²) in [4.78, 5) is 30.4. The molecular weight excluding hydrogens is 478 g/mol. The number of nitrogens with zero attached hydrogens (tertiary/aromatic N) is 2. The highest BCUT2D eigenvalue weighted by Crippen LogP contribution is 2.39. The highest BCUT2D eigenvalue weighted by molar-refractivity contribution is 5.89. The fourth-order valence-electron chi connectivity index (χ4n) is 5.81. The van der Waals surface area contributed by atoms with Crippen molar-refractivity contribution >= 4 is 17.5 Å². The molecule has 5 rings (SSSR count). The molecule has 2 aromatic rings.